The van der Waals surface area contributed by atoms with Crippen LogP contribution in [0.1, 0.15) is 26.3 Å². The minimum atomic E-state index is -0.507. The molecule has 1 aromatic heterocycles. The van der Waals surface area contributed by atoms with Crippen molar-refractivity contribution in [2.45, 2.75) is 6.54 Å². The number of halogens is 1. The van der Waals surface area contributed by atoms with Crippen LogP contribution in [-0.4, -0.2) is 16.4 Å². The van der Waals surface area contributed by atoms with E-state index in [0.29, 0.717) is 22.7 Å². The number of nitrogens with zero attached hydrogens (tertiary/aromatic N) is 1. The molecule has 0 fully saturated rings. The number of carbonyl (C=O) groups is 2. The molecule has 161 valence electrons. The van der Waals surface area contributed by atoms with E-state index >= 15 is 0 Å². The minimum Gasteiger partial charge on any atom is -0.366 e. The lowest BCUT2D eigenvalue weighted by Crippen LogP contribution is -2.15. The van der Waals surface area contributed by atoms with Gasteiger partial charge in [-0.05, 0) is 65.2 Å². The maximum Gasteiger partial charge on any atom is 0.249 e. The number of hydrogen-bond acceptors (Lipinski definition) is 2. The summed E-state index contributed by atoms with van der Waals surface area (Å²) in [5.74, 6) is -0.995. The van der Waals surface area contributed by atoms with Gasteiger partial charge in [0.15, 0.2) is 0 Å². The van der Waals surface area contributed by atoms with E-state index in [1.165, 1.54) is 0 Å². The van der Waals surface area contributed by atoms with Gasteiger partial charge in [0.2, 0.25) is 11.8 Å². The van der Waals surface area contributed by atoms with Crippen molar-refractivity contribution in [2.75, 3.05) is 0 Å². The molecule has 5 nitrogen and oxygen atoms in total. The van der Waals surface area contributed by atoms with Crippen molar-refractivity contribution >= 4 is 45.2 Å². The molecule has 0 aliphatic heterocycles. The first-order valence-electron chi connectivity index (χ1n) is 10.3. The average molecular weight is 453 g/mol. The Morgan fingerprint density at radius 2 is 1.52 bits per heavy atom. The third-order valence-electron chi connectivity index (χ3n) is 5.85. The number of rotatable bonds is 5. The third-order valence-corrected chi connectivity index (χ3v) is 6.10. The lowest BCUT2D eigenvalue weighted by Gasteiger charge is -2.12. The van der Waals surface area contributed by atoms with E-state index in [0.717, 1.165) is 38.5 Å². The van der Waals surface area contributed by atoms with Gasteiger partial charge in [-0.3, -0.25) is 9.59 Å². The zero-order chi connectivity index (χ0) is 23.1. The van der Waals surface area contributed by atoms with E-state index in [1.54, 1.807) is 24.3 Å². The fourth-order valence-electron chi connectivity index (χ4n) is 4.31. The second-order valence-corrected chi connectivity index (χ2v) is 8.26. The van der Waals surface area contributed by atoms with E-state index < -0.39 is 11.8 Å². The molecule has 2 amide bonds. The first kappa shape index (κ1) is 20.8. The summed E-state index contributed by atoms with van der Waals surface area (Å²) in [6.45, 7) is 0.388. The smallest absolute Gasteiger partial charge is 0.249 e. The molecule has 33 heavy (non-hydrogen) atoms. The molecule has 4 aromatic carbocycles. The van der Waals surface area contributed by atoms with Gasteiger partial charge in [-0.2, -0.15) is 0 Å². The van der Waals surface area contributed by atoms with E-state index in [9.17, 15) is 9.59 Å². The van der Waals surface area contributed by atoms with Crippen LogP contribution in [-0.2, 0) is 6.54 Å². The zero-order valence-corrected chi connectivity index (χ0v) is 18.3. The Morgan fingerprint density at radius 1 is 0.818 bits per heavy atom. The van der Waals surface area contributed by atoms with Crippen LogP contribution >= 0.6 is 11.6 Å². The van der Waals surface area contributed by atoms with Crippen LogP contribution in [0.4, 0.5) is 0 Å². The molecule has 0 unspecified atom stereocenters. The Balaban J connectivity index is 1.80. The summed E-state index contributed by atoms with van der Waals surface area (Å²) in [6.07, 6.45) is 0. The van der Waals surface area contributed by atoms with Crippen LogP contribution in [0.25, 0.3) is 32.9 Å². The predicted molar refractivity (Wildman–Crippen MR) is 131 cm³/mol. The molecule has 4 N–H and O–H groups in total. The lowest BCUT2D eigenvalue weighted by atomic mass is 10.0. The van der Waals surface area contributed by atoms with E-state index in [-0.39, 0.29) is 0 Å². The summed E-state index contributed by atoms with van der Waals surface area (Å²) < 4.78 is 2.06. The Hall–Kier alpha value is -4.09. The second-order valence-electron chi connectivity index (χ2n) is 7.83. The highest BCUT2D eigenvalue weighted by molar-refractivity contribution is 6.30. The molecule has 1 radical (unpaired) electrons. The molecule has 0 saturated carbocycles. The van der Waals surface area contributed by atoms with Crippen LogP contribution in [0.15, 0.2) is 78.9 Å². The SMILES string of the molecule is NC(=O)c1ccccc1Cn1c2cc(-c3ccc(Cl)cc3)c[c]c2c2c(C(N)=O)cccc21. The summed E-state index contributed by atoms with van der Waals surface area (Å²) >= 11 is 6.06. The maximum absolute atomic E-state index is 12.2. The average Bonchev–Trinajstić information content (AvgIpc) is 3.12. The van der Waals surface area contributed by atoms with Gasteiger partial charge in [-0.15, -0.1) is 0 Å². The molecular formula is C27H19ClN3O2. The molecule has 1 heterocycles. The zero-order valence-electron chi connectivity index (χ0n) is 17.5. The molecule has 0 aliphatic rings. The molecule has 6 heteroatoms. The van der Waals surface area contributed by atoms with Crippen LogP contribution in [0.2, 0.25) is 5.02 Å². The van der Waals surface area contributed by atoms with E-state index in [2.05, 4.69) is 10.6 Å². The van der Waals surface area contributed by atoms with Gasteiger partial charge >= 0.3 is 0 Å². The normalized spacial score (nSPS) is 11.2. The quantitative estimate of drug-likeness (QED) is 0.385. The molecule has 0 saturated heterocycles. The lowest BCUT2D eigenvalue weighted by molar-refractivity contribution is 0.0992. The van der Waals surface area contributed by atoms with Crippen LogP contribution in [0.3, 0.4) is 0 Å². The van der Waals surface area contributed by atoms with Crippen molar-refractivity contribution in [3.05, 3.63) is 107 Å². The van der Waals surface area contributed by atoms with Gasteiger partial charge in [0.05, 0.1) is 11.0 Å². The highest BCUT2D eigenvalue weighted by Crippen LogP contribution is 2.35. The summed E-state index contributed by atoms with van der Waals surface area (Å²) in [4.78, 5) is 24.2. The third kappa shape index (κ3) is 3.62. The highest BCUT2D eigenvalue weighted by Gasteiger charge is 2.18. The molecular weight excluding hydrogens is 434 g/mol. The van der Waals surface area contributed by atoms with Crippen molar-refractivity contribution in [1.29, 1.82) is 0 Å². The minimum absolute atomic E-state index is 0.388. The largest absolute Gasteiger partial charge is 0.366 e. The maximum atomic E-state index is 12.2. The van der Waals surface area contributed by atoms with Crippen LogP contribution in [0.5, 0.6) is 0 Å². The van der Waals surface area contributed by atoms with Crippen LogP contribution < -0.4 is 11.5 Å². The Bertz CT molecular complexity index is 1550. The number of primary amides is 2. The summed E-state index contributed by atoms with van der Waals surface area (Å²) in [7, 11) is 0. The molecule has 0 bridgehead atoms. The highest BCUT2D eigenvalue weighted by atomic mass is 35.5. The van der Waals surface area contributed by atoms with Crippen molar-refractivity contribution in [2.24, 2.45) is 11.5 Å². The van der Waals surface area contributed by atoms with Gasteiger partial charge in [-0.25, -0.2) is 0 Å². The van der Waals surface area contributed by atoms with Gasteiger partial charge < -0.3 is 16.0 Å². The van der Waals surface area contributed by atoms with Gasteiger partial charge in [0.1, 0.15) is 0 Å². The number of hydrogen-bond donors (Lipinski definition) is 2. The predicted octanol–water partition coefficient (Wildman–Crippen LogP) is 5.16. The van der Waals surface area contributed by atoms with Crippen molar-refractivity contribution < 1.29 is 9.59 Å². The molecule has 0 aliphatic carbocycles. The molecule has 0 atom stereocenters. The number of benzene rings is 4. The standard InChI is InChI=1S/C27H19ClN3O2/c28-19-11-8-16(9-12-19)17-10-13-21-24(14-17)31(15-18-4-1-2-5-20(18)26(29)32)23-7-3-6-22(25(21)23)27(30)33/h1-12,14H,15H2,(H2,29,32)(H2,30,33). The fourth-order valence-corrected chi connectivity index (χ4v) is 4.44. The number of aromatic nitrogens is 1. The summed E-state index contributed by atoms with van der Waals surface area (Å²) in [5, 5.41) is 2.18. The summed E-state index contributed by atoms with van der Waals surface area (Å²) in [6, 6.07) is 27.6. The van der Waals surface area contributed by atoms with E-state index in [4.69, 9.17) is 23.1 Å². The van der Waals surface area contributed by atoms with Crippen molar-refractivity contribution in [3.8, 4) is 11.1 Å². The number of fused-ring (bicyclic) bond motifs is 3. The monoisotopic (exact) mass is 452 g/mol. The van der Waals surface area contributed by atoms with Crippen LogP contribution in [0, 0.1) is 6.07 Å². The van der Waals surface area contributed by atoms with E-state index in [1.807, 2.05) is 54.6 Å². The fraction of sp³-hybridized carbons (Fsp3) is 0.0370. The second kappa shape index (κ2) is 8.11. The molecule has 5 aromatic rings. The van der Waals surface area contributed by atoms with Crippen molar-refractivity contribution in [1.82, 2.24) is 4.57 Å². The Labute approximate surface area is 195 Å². The topological polar surface area (TPSA) is 91.1 Å². The summed E-state index contributed by atoms with van der Waals surface area (Å²) in [5.41, 5.74) is 16.6. The van der Waals surface area contributed by atoms with Gasteiger partial charge in [0, 0.05) is 33.5 Å². The first-order valence-corrected chi connectivity index (χ1v) is 10.7. The molecule has 5 rings (SSSR count). The van der Waals surface area contributed by atoms with Gasteiger partial charge in [0.25, 0.3) is 0 Å². The molecule has 0 spiro atoms. The van der Waals surface area contributed by atoms with Gasteiger partial charge in [-0.1, -0.05) is 48.0 Å². The first-order chi connectivity index (χ1) is 15.9. The Morgan fingerprint density at radius 3 is 2.24 bits per heavy atom. The van der Waals surface area contributed by atoms with Crippen molar-refractivity contribution in [3.63, 3.8) is 0 Å². The Kier molecular flexibility index (Phi) is 5.11. The number of carbonyl (C=O) groups excluding carboxylic acids is 2. The number of nitrogens with two attached hydrogens (primary N) is 2. The number of amides is 2.